The van der Waals surface area contributed by atoms with E-state index in [0.717, 1.165) is 67.5 Å². The number of anilines is 6. The van der Waals surface area contributed by atoms with Crippen LogP contribution in [0.15, 0.2) is 146 Å². The molecule has 0 amide bonds. The first kappa shape index (κ1) is 24.8. The van der Waals surface area contributed by atoms with Gasteiger partial charge < -0.3 is 22.1 Å². The van der Waals surface area contributed by atoms with Crippen LogP contribution in [0.3, 0.4) is 0 Å². The van der Waals surface area contributed by atoms with E-state index < -0.39 is 0 Å². The molecule has 194 valence electrons. The van der Waals surface area contributed by atoms with E-state index in [1.165, 1.54) is 0 Å². The third-order valence-corrected chi connectivity index (χ3v) is 6.91. The number of hydrogen-bond acceptors (Lipinski definition) is 4. The fraction of sp³-hybridized carbons (Fsp3) is 0. The summed E-state index contributed by atoms with van der Waals surface area (Å²) in [6.07, 6.45) is 0. The van der Waals surface area contributed by atoms with Crippen molar-refractivity contribution in [1.29, 1.82) is 0 Å². The van der Waals surface area contributed by atoms with Crippen molar-refractivity contribution >= 4 is 34.1 Å². The average molecular weight is 519 g/mol. The Hall–Kier alpha value is -5.48. The third-order valence-electron chi connectivity index (χ3n) is 6.91. The Morgan fingerprint density at radius 1 is 0.375 bits per heavy atom. The van der Waals surface area contributed by atoms with E-state index >= 15 is 0 Å². The fourth-order valence-electron chi connectivity index (χ4n) is 4.94. The number of nitrogen functional groups attached to an aromatic ring is 2. The lowest BCUT2D eigenvalue weighted by atomic mass is 9.88. The standard InChI is InChI=1S/C36H30N4/c37-28-18-14-25(15-19-28)34-23-22-33(27-8-7-13-32(24-27)39-30-9-3-1-4-10-30)35(26-16-20-29(38)21-17-26)36(34)40-31-11-5-2-6-12-31/h1-24,39-40H,37-38H2. The highest BCUT2D eigenvalue weighted by molar-refractivity contribution is 6.01. The van der Waals surface area contributed by atoms with E-state index in [2.05, 4.69) is 95.6 Å². The molecular formula is C36H30N4. The Morgan fingerprint density at radius 3 is 1.52 bits per heavy atom. The molecule has 40 heavy (non-hydrogen) atoms. The Morgan fingerprint density at radius 2 is 0.900 bits per heavy atom. The second kappa shape index (κ2) is 11.1. The maximum absolute atomic E-state index is 6.11. The molecule has 0 spiro atoms. The molecule has 4 heteroatoms. The molecular weight excluding hydrogens is 488 g/mol. The minimum Gasteiger partial charge on any atom is -0.399 e. The van der Waals surface area contributed by atoms with Gasteiger partial charge in [-0.3, -0.25) is 0 Å². The van der Waals surface area contributed by atoms with Crippen molar-refractivity contribution in [2.45, 2.75) is 0 Å². The van der Waals surface area contributed by atoms with Gasteiger partial charge in [0.1, 0.15) is 0 Å². The van der Waals surface area contributed by atoms with E-state index in [1.807, 2.05) is 60.7 Å². The fourth-order valence-corrected chi connectivity index (χ4v) is 4.94. The van der Waals surface area contributed by atoms with Gasteiger partial charge in [-0.05, 0) is 82.9 Å². The van der Waals surface area contributed by atoms with Gasteiger partial charge in [0.05, 0.1) is 5.69 Å². The Balaban J connectivity index is 1.57. The van der Waals surface area contributed by atoms with Gasteiger partial charge in [-0.1, -0.05) is 84.9 Å². The maximum atomic E-state index is 6.11. The maximum Gasteiger partial charge on any atom is 0.0549 e. The van der Waals surface area contributed by atoms with Crippen molar-refractivity contribution in [2.24, 2.45) is 0 Å². The summed E-state index contributed by atoms with van der Waals surface area (Å²) >= 11 is 0. The molecule has 0 saturated heterocycles. The zero-order chi connectivity index (χ0) is 27.3. The minimum absolute atomic E-state index is 0.728. The first-order valence-electron chi connectivity index (χ1n) is 13.3. The molecule has 0 radical (unpaired) electrons. The van der Waals surface area contributed by atoms with Gasteiger partial charge in [0, 0.05) is 39.6 Å². The predicted molar refractivity (Wildman–Crippen MR) is 171 cm³/mol. The summed E-state index contributed by atoms with van der Waals surface area (Å²) in [5.41, 5.74) is 24.2. The normalized spacial score (nSPS) is 10.7. The molecule has 0 bridgehead atoms. The van der Waals surface area contributed by atoms with Gasteiger partial charge in [-0.2, -0.15) is 0 Å². The zero-order valence-corrected chi connectivity index (χ0v) is 22.0. The molecule has 6 aromatic rings. The van der Waals surface area contributed by atoms with E-state index in [4.69, 9.17) is 11.5 Å². The minimum atomic E-state index is 0.728. The predicted octanol–water partition coefficient (Wildman–Crippen LogP) is 9.34. The Kier molecular flexibility index (Phi) is 6.89. The number of nitrogens with two attached hydrogens (primary N) is 2. The van der Waals surface area contributed by atoms with Crippen LogP contribution in [0.25, 0.3) is 33.4 Å². The summed E-state index contributed by atoms with van der Waals surface area (Å²) in [5, 5.41) is 7.29. The highest BCUT2D eigenvalue weighted by Crippen LogP contribution is 2.45. The van der Waals surface area contributed by atoms with Gasteiger partial charge in [0.15, 0.2) is 0 Å². The van der Waals surface area contributed by atoms with Crippen LogP contribution in [-0.2, 0) is 0 Å². The summed E-state index contributed by atoms with van der Waals surface area (Å²) in [6, 6.07) is 49.5. The largest absolute Gasteiger partial charge is 0.399 e. The summed E-state index contributed by atoms with van der Waals surface area (Å²) in [6.45, 7) is 0. The van der Waals surface area contributed by atoms with Gasteiger partial charge in [-0.25, -0.2) is 0 Å². The van der Waals surface area contributed by atoms with Crippen molar-refractivity contribution in [1.82, 2.24) is 0 Å². The molecule has 0 aliphatic rings. The highest BCUT2D eigenvalue weighted by Gasteiger charge is 2.18. The van der Waals surface area contributed by atoms with Gasteiger partial charge in [0.25, 0.3) is 0 Å². The number of hydrogen-bond donors (Lipinski definition) is 4. The number of nitrogens with one attached hydrogen (secondary N) is 2. The quantitative estimate of drug-likeness (QED) is 0.159. The summed E-state index contributed by atoms with van der Waals surface area (Å²) in [7, 11) is 0. The molecule has 0 aliphatic heterocycles. The number of rotatable bonds is 7. The topological polar surface area (TPSA) is 76.1 Å². The van der Waals surface area contributed by atoms with Crippen molar-refractivity contribution in [3.8, 4) is 33.4 Å². The SMILES string of the molecule is Nc1ccc(-c2ccc(-c3cccc(Nc4ccccc4)c3)c(-c3ccc(N)cc3)c2Nc2ccccc2)cc1. The van der Waals surface area contributed by atoms with E-state index in [0.29, 0.717) is 0 Å². The highest BCUT2D eigenvalue weighted by atomic mass is 14.9. The molecule has 0 fully saturated rings. The van der Waals surface area contributed by atoms with E-state index in [1.54, 1.807) is 0 Å². The Bertz CT molecular complexity index is 1730. The van der Waals surface area contributed by atoms with Crippen molar-refractivity contribution in [3.05, 3.63) is 146 Å². The zero-order valence-electron chi connectivity index (χ0n) is 22.0. The lowest BCUT2D eigenvalue weighted by Gasteiger charge is -2.22. The lowest BCUT2D eigenvalue weighted by molar-refractivity contribution is 1.50. The Labute approximate surface area is 234 Å². The number of benzene rings is 6. The smallest absolute Gasteiger partial charge is 0.0549 e. The van der Waals surface area contributed by atoms with Crippen molar-refractivity contribution in [3.63, 3.8) is 0 Å². The molecule has 0 aromatic heterocycles. The van der Waals surface area contributed by atoms with Crippen LogP contribution in [0.2, 0.25) is 0 Å². The second-order valence-corrected chi connectivity index (χ2v) is 9.72. The van der Waals surface area contributed by atoms with Crippen LogP contribution in [0, 0.1) is 0 Å². The van der Waals surface area contributed by atoms with E-state index in [9.17, 15) is 0 Å². The molecule has 4 nitrogen and oxygen atoms in total. The van der Waals surface area contributed by atoms with Crippen LogP contribution in [0.1, 0.15) is 0 Å². The number of para-hydroxylation sites is 2. The molecule has 6 N–H and O–H groups in total. The van der Waals surface area contributed by atoms with Gasteiger partial charge in [-0.15, -0.1) is 0 Å². The molecule has 0 atom stereocenters. The van der Waals surface area contributed by atoms with Crippen LogP contribution >= 0.6 is 0 Å². The molecule has 0 aliphatic carbocycles. The summed E-state index contributed by atoms with van der Waals surface area (Å²) in [5.74, 6) is 0. The summed E-state index contributed by atoms with van der Waals surface area (Å²) < 4.78 is 0. The second-order valence-electron chi connectivity index (χ2n) is 9.72. The first-order valence-corrected chi connectivity index (χ1v) is 13.3. The van der Waals surface area contributed by atoms with Crippen LogP contribution in [-0.4, -0.2) is 0 Å². The van der Waals surface area contributed by atoms with Crippen molar-refractivity contribution in [2.75, 3.05) is 22.1 Å². The molecule has 6 rings (SSSR count). The molecule has 0 unspecified atom stereocenters. The first-order chi connectivity index (χ1) is 19.6. The van der Waals surface area contributed by atoms with E-state index in [-0.39, 0.29) is 0 Å². The molecule has 0 heterocycles. The molecule has 0 saturated carbocycles. The van der Waals surface area contributed by atoms with Gasteiger partial charge >= 0.3 is 0 Å². The average Bonchev–Trinajstić information content (AvgIpc) is 2.99. The van der Waals surface area contributed by atoms with Crippen LogP contribution < -0.4 is 22.1 Å². The molecule has 6 aromatic carbocycles. The van der Waals surface area contributed by atoms with Gasteiger partial charge in [0.2, 0.25) is 0 Å². The van der Waals surface area contributed by atoms with Crippen LogP contribution in [0.4, 0.5) is 34.1 Å². The monoisotopic (exact) mass is 518 g/mol. The lowest BCUT2D eigenvalue weighted by Crippen LogP contribution is -2.00. The summed E-state index contributed by atoms with van der Waals surface area (Å²) in [4.78, 5) is 0. The van der Waals surface area contributed by atoms with Crippen molar-refractivity contribution < 1.29 is 0 Å². The third kappa shape index (κ3) is 5.38. The van der Waals surface area contributed by atoms with Crippen LogP contribution in [0.5, 0.6) is 0 Å².